The van der Waals surface area contributed by atoms with E-state index in [0.29, 0.717) is 5.56 Å². The number of nitrogens with zero attached hydrogens (tertiary/aromatic N) is 2. The molecule has 1 aliphatic rings. The van der Waals surface area contributed by atoms with Gasteiger partial charge in [-0.1, -0.05) is 30.3 Å². The number of piperidine rings is 1. The van der Waals surface area contributed by atoms with E-state index in [2.05, 4.69) is 40.3 Å². The average molecular weight is 448 g/mol. The zero-order chi connectivity index (χ0) is 23.2. The van der Waals surface area contributed by atoms with Crippen molar-refractivity contribution in [2.75, 3.05) is 20.2 Å². The number of hydrogen-bond acceptors (Lipinski definition) is 4. The predicted molar refractivity (Wildman–Crippen MR) is 127 cm³/mol. The Morgan fingerprint density at radius 3 is 2.64 bits per heavy atom. The molecule has 172 valence electrons. The zero-order valence-electron chi connectivity index (χ0n) is 19.1. The van der Waals surface area contributed by atoms with Gasteiger partial charge in [-0.15, -0.1) is 0 Å². The maximum Gasteiger partial charge on any atom is 0.251 e. The van der Waals surface area contributed by atoms with Gasteiger partial charge in [-0.3, -0.25) is 14.7 Å². The van der Waals surface area contributed by atoms with Crippen LogP contribution in [-0.2, 0) is 6.54 Å². The summed E-state index contributed by atoms with van der Waals surface area (Å²) < 4.78 is 19.3. The van der Waals surface area contributed by atoms with Crippen LogP contribution in [0.3, 0.4) is 0 Å². The van der Waals surface area contributed by atoms with Crippen molar-refractivity contribution in [3.8, 4) is 5.75 Å². The molecule has 0 bridgehead atoms. The van der Waals surface area contributed by atoms with Crippen molar-refractivity contribution in [1.82, 2.24) is 15.2 Å². The number of hydrogen-bond donors (Lipinski definition) is 1. The number of carbonyl (C=O) groups is 1. The molecule has 1 aliphatic heterocycles. The molecular formula is C27H30FN3O2. The minimum atomic E-state index is -0.420. The number of rotatable bonds is 7. The fourth-order valence-electron chi connectivity index (χ4n) is 4.66. The molecule has 1 amide bonds. The quantitative estimate of drug-likeness (QED) is 0.559. The van der Waals surface area contributed by atoms with E-state index in [0.717, 1.165) is 49.5 Å². The summed E-state index contributed by atoms with van der Waals surface area (Å²) in [7, 11) is 1.72. The predicted octanol–water partition coefficient (Wildman–Crippen LogP) is 4.92. The van der Waals surface area contributed by atoms with Gasteiger partial charge in [0.1, 0.15) is 11.6 Å². The Morgan fingerprint density at radius 2 is 1.94 bits per heavy atom. The number of pyridine rings is 1. The fraction of sp³-hybridized carbons (Fsp3) is 0.333. The number of aromatic nitrogens is 1. The van der Waals surface area contributed by atoms with Gasteiger partial charge < -0.3 is 10.1 Å². The van der Waals surface area contributed by atoms with Crippen LogP contribution in [-0.4, -0.2) is 36.0 Å². The maximum atomic E-state index is 13.6. The highest BCUT2D eigenvalue weighted by Crippen LogP contribution is 2.32. The van der Waals surface area contributed by atoms with E-state index < -0.39 is 5.82 Å². The van der Waals surface area contributed by atoms with Crippen molar-refractivity contribution in [3.63, 3.8) is 0 Å². The third-order valence-electron chi connectivity index (χ3n) is 6.37. The van der Waals surface area contributed by atoms with Gasteiger partial charge in [0.25, 0.3) is 5.91 Å². The molecule has 0 spiro atoms. The molecule has 0 radical (unpaired) electrons. The second-order valence-corrected chi connectivity index (χ2v) is 8.60. The average Bonchev–Trinajstić information content (AvgIpc) is 2.84. The van der Waals surface area contributed by atoms with E-state index in [-0.39, 0.29) is 17.9 Å². The second-order valence-electron chi connectivity index (χ2n) is 8.60. The molecule has 1 saturated heterocycles. The molecule has 4 rings (SSSR count). The van der Waals surface area contributed by atoms with E-state index in [1.165, 1.54) is 17.7 Å². The number of halogens is 1. The van der Waals surface area contributed by atoms with Crippen LogP contribution in [0.1, 0.15) is 46.1 Å². The second kappa shape index (κ2) is 10.6. The van der Waals surface area contributed by atoms with Gasteiger partial charge >= 0.3 is 0 Å². The van der Waals surface area contributed by atoms with Gasteiger partial charge in [-0.2, -0.15) is 0 Å². The molecule has 0 unspecified atom stereocenters. The largest absolute Gasteiger partial charge is 0.496 e. The van der Waals surface area contributed by atoms with Crippen molar-refractivity contribution in [2.45, 2.75) is 32.4 Å². The molecule has 0 aliphatic carbocycles. The summed E-state index contributed by atoms with van der Waals surface area (Å²) in [5.41, 5.74) is 3.48. The topological polar surface area (TPSA) is 54.5 Å². The molecule has 1 aromatic heterocycles. The van der Waals surface area contributed by atoms with E-state index in [9.17, 15) is 9.18 Å². The fourth-order valence-corrected chi connectivity index (χ4v) is 4.66. The molecule has 33 heavy (non-hydrogen) atoms. The summed E-state index contributed by atoms with van der Waals surface area (Å²) >= 11 is 0. The highest BCUT2D eigenvalue weighted by molar-refractivity contribution is 5.94. The Balaban J connectivity index is 1.46. The molecule has 3 aromatic rings. The molecule has 1 fully saturated rings. The molecule has 6 heteroatoms. The van der Waals surface area contributed by atoms with Crippen molar-refractivity contribution in [1.29, 1.82) is 0 Å². The first-order chi connectivity index (χ1) is 16.0. The molecule has 1 atom stereocenters. The molecular weight excluding hydrogens is 417 g/mol. The van der Waals surface area contributed by atoms with Crippen molar-refractivity contribution < 1.29 is 13.9 Å². The summed E-state index contributed by atoms with van der Waals surface area (Å²) in [6.07, 6.45) is 3.60. The van der Waals surface area contributed by atoms with E-state index in [1.807, 2.05) is 18.2 Å². The first-order valence-corrected chi connectivity index (χ1v) is 11.4. The number of aryl methyl sites for hydroxylation is 1. The third-order valence-corrected chi connectivity index (χ3v) is 6.37. The van der Waals surface area contributed by atoms with Crippen LogP contribution >= 0.6 is 0 Å². The first-order valence-electron chi connectivity index (χ1n) is 11.4. The van der Waals surface area contributed by atoms with Gasteiger partial charge in [0.15, 0.2) is 0 Å². The Hall–Kier alpha value is -3.25. The monoisotopic (exact) mass is 447 g/mol. The van der Waals surface area contributed by atoms with E-state index >= 15 is 0 Å². The molecule has 2 heterocycles. The van der Waals surface area contributed by atoms with Gasteiger partial charge in [0.05, 0.1) is 18.8 Å². The van der Waals surface area contributed by atoms with Gasteiger partial charge in [0, 0.05) is 23.9 Å². The van der Waals surface area contributed by atoms with Crippen LogP contribution in [0.4, 0.5) is 4.39 Å². The molecule has 0 saturated carbocycles. The standard InChI is InChI=1S/C27H30FN3O2/c1-19-7-5-9-22(26(19)33-2)18-31-15-12-20(13-16-31)25(24-11-3-4-14-29-24)30-27(32)21-8-6-10-23(28)17-21/h3-11,14,17,20,25H,12-13,15-16,18H2,1-2H3,(H,30,32)/t25-/m0/s1. The van der Waals surface area contributed by atoms with Crippen LogP contribution < -0.4 is 10.1 Å². The van der Waals surface area contributed by atoms with Crippen LogP contribution in [0, 0.1) is 18.7 Å². The Labute approximate surface area is 194 Å². The van der Waals surface area contributed by atoms with Gasteiger partial charge in [-0.05, 0) is 74.7 Å². The third kappa shape index (κ3) is 5.57. The minimum absolute atomic E-state index is 0.224. The normalized spacial score (nSPS) is 15.7. The summed E-state index contributed by atoms with van der Waals surface area (Å²) in [4.78, 5) is 19.8. The lowest BCUT2D eigenvalue weighted by Crippen LogP contribution is -2.41. The number of nitrogens with one attached hydrogen (secondary N) is 1. The number of amides is 1. The van der Waals surface area contributed by atoms with Crippen LogP contribution in [0.25, 0.3) is 0 Å². The van der Waals surface area contributed by atoms with Crippen molar-refractivity contribution in [3.05, 3.63) is 95.1 Å². The smallest absolute Gasteiger partial charge is 0.251 e. The van der Waals surface area contributed by atoms with Crippen LogP contribution in [0.5, 0.6) is 5.75 Å². The van der Waals surface area contributed by atoms with Crippen LogP contribution in [0.2, 0.25) is 0 Å². The Kier molecular flexibility index (Phi) is 7.35. The number of carbonyl (C=O) groups excluding carboxylic acids is 1. The SMILES string of the molecule is COc1c(C)cccc1CN1CCC([C@H](NC(=O)c2cccc(F)c2)c2ccccn2)CC1. The number of likely N-dealkylation sites (tertiary alicyclic amines) is 1. The Bertz CT molecular complexity index is 1080. The van der Waals surface area contributed by atoms with E-state index in [1.54, 1.807) is 25.4 Å². The van der Waals surface area contributed by atoms with Crippen molar-refractivity contribution in [2.24, 2.45) is 5.92 Å². The van der Waals surface area contributed by atoms with Crippen molar-refractivity contribution >= 4 is 5.91 Å². The summed E-state index contributed by atoms with van der Waals surface area (Å²) in [5.74, 6) is 0.496. The summed E-state index contributed by atoms with van der Waals surface area (Å²) in [5, 5.41) is 3.13. The molecule has 2 aromatic carbocycles. The van der Waals surface area contributed by atoms with Gasteiger partial charge in [-0.25, -0.2) is 4.39 Å². The lowest BCUT2D eigenvalue weighted by molar-refractivity contribution is 0.0887. The number of methoxy groups -OCH3 is 1. The number of ether oxygens (including phenoxy) is 1. The maximum absolute atomic E-state index is 13.6. The molecule has 5 nitrogen and oxygen atoms in total. The summed E-state index contributed by atoms with van der Waals surface area (Å²) in [6, 6.07) is 17.6. The van der Waals surface area contributed by atoms with Gasteiger partial charge in [0.2, 0.25) is 0 Å². The molecule has 1 N–H and O–H groups in total. The Morgan fingerprint density at radius 1 is 1.15 bits per heavy atom. The van der Waals surface area contributed by atoms with Crippen LogP contribution in [0.15, 0.2) is 66.9 Å². The summed E-state index contributed by atoms with van der Waals surface area (Å²) in [6.45, 7) is 4.73. The van der Waals surface area contributed by atoms with E-state index in [4.69, 9.17) is 4.74 Å². The lowest BCUT2D eigenvalue weighted by Gasteiger charge is -2.36. The zero-order valence-corrected chi connectivity index (χ0v) is 19.1. The lowest BCUT2D eigenvalue weighted by atomic mass is 9.86. The highest BCUT2D eigenvalue weighted by atomic mass is 19.1. The minimum Gasteiger partial charge on any atom is -0.496 e. The number of para-hydroxylation sites is 1. The first kappa shape index (κ1) is 22.9. The highest BCUT2D eigenvalue weighted by Gasteiger charge is 2.30. The number of benzene rings is 2.